The highest BCUT2D eigenvalue weighted by atomic mass is 32.2. The Kier molecular flexibility index (Phi) is 5.32. The van der Waals surface area contributed by atoms with E-state index in [0.29, 0.717) is 11.9 Å². The Labute approximate surface area is 120 Å². The molecule has 19 heavy (non-hydrogen) atoms. The van der Waals surface area contributed by atoms with Crippen molar-refractivity contribution in [3.8, 4) is 0 Å². The molecule has 3 heteroatoms. The average Bonchev–Trinajstić information content (AvgIpc) is 2.47. The molecule has 104 valence electrons. The molecule has 1 saturated heterocycles. The second-order valence-corrected chi connectivity index (χ2v) is 6.58. The van der Waals surface area contributed by atoms with Gasteiger partial charge in [0.05, 0.1) is 5.25 Å². The lowest BCUT2D eigenvalue weighted by Crippen LogP contribution is -2.46. The zero-order chi connectivity index (χ0) is 13.7. The van der Waals surface area contributed by atoms with Crippen molar-refractivity contribution in [2.24, 2.45) is 0 Å². The Morgan fingerprint density at radius 3 is 2.79 bits per heavy atom. The van der Waals surface area contributed by atoms with Crippen LogP contribution in [0, 0.1) is 0 Å². The molecule has 0 saturated carbocycles. The van der Waals surface area contributed by atoms with Crippen LogP contribution in [0.3, 0.4) is 0 Å². The van der Waals surface area contributed by atoms with E-state index in [2.05, 4.69) is 24.0 Å². The van der Waals surface area contributed by atoms with Crippen molar-refractivity contribution in [1.82, 2.24) is 4.90 Å². The van der Waals surface area contributed by atoms with Crippen LogP contribution in [0.25, 0.3) is 0 Å². The second-order valence-electron chi connectivity index (χ2n) is 5.16. The minimum Gasteiger partial charge on any atom is -0.339 e. The molecule has 1 aromatic carbocycles. The standard InChI is InChI=1S/C16H23NOS/c1-3-14-9-7-8-12-17(14)16(18)13(2)19-15-10-5-4-6-11-15/h4-6,10-11,13-14H,3,7-9,12H2,1-2H3. The molecular weight excluding hydrogens is 254 g/mol. The molecule has 0 aromatic heterocycles. The first-order valence-corrected chi connectivity index (χ1v) is 8.12. The predicted octanol–water partition coefficient (Wildman–Crippen LogP) is 3.96. The van der Waals surface area contributed by atoms with Crippen molar-refractivity contribution in [3.63, 3.8) is 0 Å². The van der Waals surface area contributed by atoms with Crippen LogP contribution in [0.2, 0.25) is 0 Å². The minimum atomic E-state index is 0.00884. The highest BCUT2D eigenvalue weighted by Crippen LogP contribution is 2.27. The van der Waals surface area contributed by atoms with Crippen molar-refractivity contribution < 1.29 is 4.79 Å². The monoisotopic (exact) mass is 277 g/mol. The number of thioether (sulfide) groups is 1. The summed E-state index contributed by atoms with van der Waals surface area (Å²) in [6.07, 6.45) is 4.67. The summed E-state index contributed by atoms with van der Waals surface area (Å²) in [5.74, 6) is 0.306. The zero-order valence-corrected chi connectivity index (χ0v) is 12.7. The third-order valence-corrected chi connectivity index (χ3v) is 4.88. The molecule has 0 bridgehead atoms. The Balaban J connectivity index is 1.98. The maximum Gasteiger partial charge on any atom is 0.236 e. The summed E-state index contributed by atoms with van der Waals surface area (Å²) in [6, 6.07) is 10.7. The van der Waals surface area contributed by atoms with E-state index in [0.717, 1.165) is 19.4 Å². The van der Waals surface area contributed by atoms with Crippen LogP contribution in [-0.4, -0.2) is 28.6 Å². The third-order valence-electron chi connectivity index (χ3n) is 3.79. The molecule has 1 aliphatic heterocycles. The summed E-state index contributed by atoms with van der Waals surface area (Å²) < 4.78 is 0. The van der Waals surface area contributed by atoms with Gasteiger partial charge in [-0.25, -0.2) is 0 Å². The van der Waals surface area contributed by atoms with E-state index in [1.165, 1.54) is 17.7 Å². The first kappa shape index (κ1) is 14.4. The molecule has 1 fully saturated rings. The van der Waals surface area contributed by atoms with Gasteiger partial charge in [0.1, 0.15) is 0 Å². The fourth-order valence-electron chi connectivity index (χ4n) is 2.70. The molecule has 2 atom stereocenters. The number of hydrogen-bond acceptors (Lipinski definition) is 2. The number of carbonyl (C=O) groups excluding carboxylic acids is 1. The van der Waals surface area contributed by atoms with Gasteiger partial charge >= 0.3 is 0 Å². The van der Waals surface area contributed by atoms with E-state index >= 15 is 0 Å². The van der Waals surface area contributed by atoms with Crippen LogP contribution < -0.4 is 0 Å². The molecule has 1 amide bonds. The molecule has 1 aliphatic rings. The summed E-state index contributed by atoms with van der Waals surface area (Å²) in [5, 5.41) is 0.00884. The normalized spacial score (nSPS) is 21.2. The number of hydrogen-bond donors (Lipinski definition) is 0. The number of carbonyl (C=O) groups is 1. The molecule has 2 unspecified atom stereocenters. The van der Waals surface area contributed by atoms with E-state index < -0.39 is 0 Å². The number of likely N-dealkylation sites (tertiary alicyclic amines) is 1. The van der Waals surface area contributed by atoms with Crippen molar-refractivity contribution in [2.75, 3.05) is 6.54 Å². The number of nitrogens with zero attached hydrogens (tertiary/aromatic N) is 1. The molecular formula is C16H23NOS. The van der Waals surface area contributed by atoms with Gasteiger partial charge in [-0.1, -0.05) is 25.1 Å². The van der Waals surface area contributed by atoms with Crippen molar-refractivity contribution in [3.05, 3.63) is 30.3 Å². The van der Waals surface area contributed by atoms with Gasteiger partial charge in [-0.2, -0.15) is 0 Å². The third kappa shape index (κ3) is 3.75. The van der Waals surface area contributed by atoms with Crippen LogP contribution in [0.4, 0.5) is 0 Å². The molecule has 0 N–H and O–H groups in total. The predicted molar refractivity (Wildman–Crippen MR) is 81.4 cm³/mol. The number of rotatable bonds is 4. The summed E-state index contributed by atoms with van der Waals surface area (Å²) in [7, 11) is 0. The Hall–Kier alpha value is -0.960. The van der Waals surface area contributed by atoms with E-state index in [1.54, 1.807) is 11.8 Å². The molecule has 1 aromatic rings. The lowest BCUT2D eigenvalue weighted by molar-refractivity contribution is -0.134. The molecule has 2 nitrogen and oxygen atoms in total. The smallest absolute Gasteiger partial charge is 0.236 e. The minimum absolute atomic E-state index is 0.00884. The van der Waals surface area contributed by atoms with Crippen LogP contribution in [0.15, 0.2) is 35.2 Å². The van der Waals surface area contributed by atoms with Crippen LogP contribution in [0.1, 0.15) is 39.5 Å². The molecule has 1 heterocycles. The van der Waals surface area contributed by atoms with Gasteiger partial charge in [-0.05, 0) is 44.7 Å². The fourth-order valence-corrected chi connectivity index (χ4v) is 3.66. The van der Waals surface area contributed by atoms with E-state index in [1.807, 2.05) is 25.1 Å². The van der Waals surface area contributed by atoms with Gasteiger partial charge in [-0.3, -0.25) is 4.79 Å². The fraction of sp³-hybridized carbons (Fsp3) is 0.562. The summed E-state index contributed by atoms with van der Waals surface area (Å²) in [4.78, 5) is 15.9. The molecule has 0 aliphatic carbocycles. The van der Waals surface area contributed by atoms with Gasteiger partial charge in [0.15, 0.2) is 0 Å². The maximum atomic E-state index is 12.6. The highest BCUT2D eigenvalue weighted by molar-refractivity contribution is 8.00. The molecule has 2 rings (SSSR count). The Morgan fingerprint density at radius 2 is 2.11 bits per heavy atom. The summed E-state index contributed by atoms with van der Waals surface area (Å²) in [5.41, 5.74) is 0. The van der Waals surface area contributed by atoms with Gasteiger partial charge in [0.25, 0.3) is 0 Å². The Morgan fingerprint density at radius 1 is 1.37 bits per heavy atom. The van der Waals surface area contributed by atoms with Crippen molar-refractivity contribution >= 4 is 17.7 Å². The largest absolute Gasteiger partial charge is 0.339 e. The van der Waals surface area contributed by atoms with E-state index in [-0.39, 0.29) is 5.25 Å². The first-order chi connectivity index (χ1) is 9.22. The van der Waals surface area contributed by atoms with Gasteiger partial charge in [-0.15, -0.1) is 11.8 Å². The highest BCUT2D eigenvalue weighted by Gasteiger charge is 2.28. The Bertz CT molecular complexity index is 406. The lowest BCUT2D eigenvalue weighted by Gasteiger charge is -2.36. The van der Waals surface area contributed by atoms with Crippen LogP contribution >= 0.6 is 11.8 Å². The van der Waals surface area contributed by atoms with E-state index in [4.69, 9.17) is 0 Å². The number of piperidine rings is 1. The van der Waals surface area contributed by atoms with Gasteiger partial charge < -0.3 is 4.90 Å². The first-order valence-electron chi connectivity index (χ1n) is 7.24. The summed E-state index contributed by atoms with van der Waals surface area (Å²) in [6.45, 7) is 5.16. The molecule has 0 spiro atoms. The summed E-state index contributed by atoms with van der Waals surface area (Å²) >= 11 is 1.67. The van der Waals surface area contributed by atoms with Gasteiger partial charge in [0.2, 0.25) is 5.91 Å². The van der Waals surface area contributed by atoms with E-state index in [9.17, 15) is 4.79 Å². The van der Waals surface area contributed by atoms with Crippen LogP contribution in [0.5, 0.6) is 0 Å². The molecule has 0 radical (unpaired) electrons. The van der Waals surface area contributed by atoms with Crippen LogP contribution in [-0.2, 0) is 4.79 Å². The second kappa shape index (κ2) is 6.99. The zero-order valence-electron chi connectivity index (χ0n) is 11.8. The van der Waals surface area contributed by atoms with Crippen molar-refractivity contribution in [1.29, 1.82) is 0 Å². The average molecular weight is 277 g/mol. The quantitative estimate of drug-likeness (QED) is 0.776. The SMILES string of the molecule is CCC1CCCCN1C(=O)C(C)Sc1ccccc1. The van der Waals surface area contributed by atoms with Gasteiger partial charge in [0, 0.05) is 17.5 Å². The maximum absolute atomic E-state index is 12.6. The lowest BCUT2D eigenvalue weighted by atomic mass is 10.00. The van der Waals surface area contributed by atoms with Crippen molar-refractivity contribution in [2.45, 2.75) is 55.7 Å². The number of benzene rings is 1. The number of amides is 1. The topological polar surface area (TPSA) is 20.3 Å².